The number of hydrogen-bond donors (Lipinski definition) is 1. The molecule has 124 valence electrons. The Bertz CT molecular complexity index is 325. The zero-order valence-corrected chi connectivity index (χ0v) is 14.3. The molecule has 0 aromatic carbocycles. The minimum atomic E-state index is -0.588. The predicted octanol–water partition coefficient (Wildman–Crippen LogP) is 1.81. The van der Waals surface area contributed by atoms with Gasteiger partial charge in [-0.05, 0) is 53.6 Å². The van der Waals surface area contributed by atoms with E-state index in [-0.39, 0.29) is 5.97 Å². The quantitative estimate of drug-likeness (QED) is 0.693. The number of carbonyl (C=O) groups is 1. The van der Waals surface area contributed by atoms with Crippen molar-refractivity contribution >= 4 is 5.97 Å². The van der Waals surface area contributed by atoms with E-state index in [9.17, 15) is 4.79 Å². The first-order valence-corrected chi connectivity index (χ1v) is 8.18. The predicted molar refractivity (Wildman–Crippen MR) is 84.4 cm³/mol. The lowest BCUT2D eigenvalue weighted by molar-refractivity contribution is -0.150. The highest BCUT2D eigenvalue weighted by molar-refractivity contribution is 5.80. The molecule has 1 fully saturated rings. The molecule has 0 aromatic heterocycles. The lowest BCUT2D eigenvalue weighted by Gasteiger charge is -2.38. The minimum absolute atomic E-state index is 0.158. The van der Waals surface area contributed by atoms with Crippen LogP contribution in [0.3, 0.4) is 0 Å². The summed E-state index contributed by atoms with van der Waals surface area (Å²) in [6.07, 6.45) is 3.16. The Hall–Kier alpha value is -0.650. The summed E-state index contributed by atoms with van der Waals surface area (Å²) in [5.41, 5.74) is -0.588. The summed E-state index contributed by atoms with van der Waals surface area (Å²) in [4.78, 5) is 14.5. The van der Waals surface area contributed by atoms with Crippen LogP contribution in [0.1, 0.15) is 47.0 Å². The second-order valence-electron chi connectivity index (χ2n) is 6.11. The van der Waals surface area contributed by atoms with Crippen molar-refractivity contribution in [3.63, 3.8) is 0 Å². The van der Waals surface area contributed by atoms with E-state index in [2.05, 4.69) is 24.1 Å². The summed E-state index contributed by atoms with van der Waals surface area (Å²) < 4.78 is 10.9. The van der Waals surface area contributed by atoms with Crippen molar-refractivity contribution in [1.29, 1.82) is 0 Å². The number of nitrogens with zero attached hydrogens (tertiary/aromatic N) is 1. The maximum absolute atomic E-state index is 12.0. The highest BCUT2D eigenvalue weighted by Gasteiger charge is 2.33. The summed E-state index contributed by atoms with van der Waals surface area (Å²) in [6.45, 7) is 11.3. The third-order valence-electron chi connectivity index (χ3n) is 4.45. The van der Waals surface area contributed by atoms with Gasteiger partial charge in [0.25, 0.3) is 0 Å². The van der Waals surface area contributed by atoms with E-state index in [4.69, 9.17) is 9.47 Å². The van der Waals surface area contributed by atoms with Crippen molar-refractivity contribution in [1.82, 2.24) is 10.2 Å². The Morgan fingerprint density at radius 1 is 1.48 bits per heavy atom. The van der Waals surface area contributed by atoms with Gasteiger partial charge in [0.15, 0.2) is 0 Å². The van der Waals surface area contributed by atoms with E-state index in [1.54, 1.807) is 0 Å². The largest absolute Gasteiger partial charge is 0.465 e. The second kappa shape index (κ2) is 8.71. The Kier molecular flexibility index (Phi) is 7.63. The lowest BCUT2D eigenvalue weighted by atomic mass is 9.95. The van der Waals surface area contributed by atoms with Crippen LogP contribution in [0, 0.1) is 0 Å². The second-order valence-corrected chi connectivity index (χ2v) is 6.11. The van der Waals surface area contributed by atoms with E-state index in [0.29, 0.717) is 18.8 Å². The molecule has 3 unspecified atom stereocenters. The van der Waals surface area contributed by atoms with Crippen LogP contribution in [0.4, 0.5) is 0 Å². The Labute approximate surface area is 129 Å². The van der Waals surface area contributed by atoms with Gasteiger partial charge in [-0.25, -0.2) is 0 Å². The number of hydrogen-bond acceptors (Lipinski definition) is 5. The van der Waals surface area contributed by atoms with Crippen LogP contribution in [0.25, 0.3) is 0 Å². The van der Waals surface area contributed by atoms with Crippen molar-refractivity contribution in [2.24, 2.45) is 0 Å². The molecule has 0 aliphatic carbocycles. The molecule has 0 bridgehead atoms. The van der Waals surface area contributed by atoms with Gasteiger partial charge in [-0.1, -0.05) is 6.92 Å². The van der Waals surface area contributed by atoms with Gasteiger partial charge in [-0.15, -0.1) is 0 Å². The lowest BCUT2D eigenvalue weighted by Crippen LogP contribution is -2.51. The molecule has 5 nitrogen and oxygen atoms in total. The molecule has 3 atom stereocenters. The van der Waals surface area contributed by atoms with Crippen molar-refractivity contribution in [2.75, 3.05) is 33.4 Å². The van der Waals surface area contributed by atoms with Gasteiger partial charge in [0.05, 0.1) is 19.3 Å². The zero-order chi connectivity index (χ0) is 15.9. The molecule has 0 saturated carbocycles. The molecule has 1 aliphatic heterocycles. The Balaban J connectivity index is 2.47. The van der Waals surface area contributed by atoms with Crippen LogP contribution in [-0.2, 0) is 14.3 Å². The molecule has 5 heteroatoms. The van der Waals surface area contributed by atoms with Crippen molar-refractivity contribution < 1.29 is 14.3 Å². The topological polar surface area (TPSA) is 50.8 Å². The van der Waals surface area contributed by atoms with Crippen molar-refractivity contribution in [3.05, 3.63) is 0 Å². The fourth-order valence-corrected chi connectivity index (χ4v) is 2.82. The number of likely N-dealkylation sites (N-methyl/N-ethyl adjacent to an activating group) is 1. The van der Waals surface area contributed by atoms with Gasteiger partial charge < -0.3 is 14.8 Å². The molecule has 1 saturated heterocycles. The molecule has 1 heterocycles. The molecule has 0 aromatic rings. The number of ether oxygens (including phenoxy) is 2. The van der Waals surface area contributed by atoms with E-state index in [1.807, 2.05) is 20.9 Å². The summed E-state index contributed by atoms with van der Waals surface area (Å²) in [7, 11) is 1.82. The molecule has 1 N–H and O–H groups in total. The fourth-order valence-electron chi connectivity index (χ4n) is 2.82. The standard InChI is InChI=1S/C16H32N2O3/c1-6-14-12-21-13(3)11-18(14)10-8-9-16(4,17-5)15(19)20-7-2/h13-14,17H,6-12H2,1-5H3. The molecular formula is C16H32N2O3. The highest BCUT2D eigenvalue weighted by atomic mass is 16.5. The van der Waals surface area contributed by atoms with Crippen LogP contribution in [0.2, 0.25) is 0 Å². The third kappa shape index (κ3) is 5.24. The third-order valence-corrected chi connectivity index (χ3v) is 4.45. The van der Waals surface area contributed by atoms with Crippen LogP contribution >= 0.6 is 0 Å². The van der Waals surface area contributed by atoms with E-state index < -0.39 is 5.54 Å². The van der Waals surface area contributed by atoms with E-state index in [0.717, 1.165) is 39.0 Å². The maximum atomic E-state index is 12.0. The summed E-state index contributed by atoms with van der Waals surface area (Å²) in [5, 5.41) is 3.12. The van der Waals surface area contributed by atoms with Gasteiger partial charge in [0, 0.05) is 12.6 Å². The van der Waals surface area contributed by atoms with Gasteiger partial charge in [-0.3, -0.25) is 9.69 Å². The number of rotatable bonds is 8. The number of morpholine rings is 1. The summed E-state index contributed by atoms with van der Waals surface area (Å²) in [5.74, 6) is -0.158. The summed E-state index contributed by atoms with van der Waals surface area (Å²) >= 11 is 0. The monoisotopic (exact) mass is 300 g/mol. The first kappa shape index (κ1) is 18.4. The van der Waals surface area contributed by atoms with Gasteiger partial charge >= 0.3 is 5.97 Å². The number of carbonyl (C=O) groups excluding carboxylic acids is 1. The van der Waals surface area contributed by atoms with E-state index >= 15 is 0 Å². The molecule has 21 heavy (non-hydrogen) atoms. The Morgan fingerprint density at radius 2 is 2.19 bits per heavy atom. The highest BCUT2D eigenvalue weighted by Crippen LogP contribution is 2.18. The van der Waals surface area contributed by atoms with Gasteiger partial charge in [0.1, 0.15) is 5.54 Å². The number of nitrogens with one attached hydrogen (secondary N) is 1. The maximum Gasteiger partial charge on any atom is 0.326 e. The van der Waals surface area contributed by atoms with Crippen molar-refractivity contribution in [3.8, 4) is 0 Å². The molecule has 1 rings (SSSR count). The average molecular weight is 300 g/mol. The smallest absolute Gasteiger partial charge is 0.326 e. The SMILES string of the molecule is CCOC(=O)C(C)(CCCN1CC(C)OCC1CC)NC. The fraction of sp³-hybridized carbons (Fsp3) is 0.938. The molecular weight excluding hydrogens is 268 g/mol. The molecule has 0 radical (unpaired) electrons. The van der Waals surface area contributed by atoms with Crippen LogP contribution in [0.5, 0.6) is 0 Å². The van der Waals surface area contributed by atoms with Crippen LogP contribution in [-0.4, -0.2) is 61.9 Å². The van der Waals surface area contributed by atoms with Crippen LogP contribution in [0.15, 0.2) is 0 Å². The van der Waals surface area contributed by atoms with Gasteiger partial charge in [-0.2, -0.15) is 0 Å². The molecule has 1 aliphatic rings. The molecule has 0 amide bonds. The minimum Gasteiger partial charge on any atom is -0.465 e. The first-order chi connectivity index (χ1) is 9.96. The van der Waals surface area contributed by atoms with Crippen LogP contribution < -0.4 is 5.32 Å². The van der Waals surface area contributed by atoms with E-state index in [1.165, 1.54) is 0 Å². The first-order valence-electron chi connectivity index (χ1n) is 8.18. The number of esters is 1. The summed E-state index contributed by atoms with van der Waals surface area (Å²) in [6, 6.07) is 0.504. The molecule has 0 spiro atoms. The normalized spacial score (nSPS) is 26.3. The zero-order valence-electron chi connectivity index (χ0n) is 14.3. The Morgan fingerprint density at radius 3 is 2.76 bits per heavy atom. The van der Waals surface area contributed by atoms with Gasteiger partial charge in [0.2, 0.25) is 0 Å². The van der Waals surface area contributed by atoms with Crippen molar-refractivity contribution in [2.45, 2.75) is 64.6 Å². The average Bonchev–Trinajstić information content (AvgIpc) is 2.47.